The molecule has 0 aliphatic rings. The summed E-state index contributed by atoms with van der Waals surface area (Å²) < 4.78 is 0. The van der Waals surface area contributed by atoms with Gasteiger partial charge in [0.05, 0.1) is 5.69 Å². The lowest BCUT2D eigenvalue weighted by Gasteiger charge is -2.08. The second kappa shape index (κ2) is 4.82. The number of rotatable bonds is 2. The molecular formula is C17H16N2. The molecule has 0 spiro atoms. The standard InChI is InChI=1S/C17H16N2/c1-12-6-7-14-11-19-17(9-15(14)8-12)16-5-3-2-4-13(16)10-18/h2-9,11H,10,18H2,1H3. The van der Waals surface area contributed by atoms with Gasteiger partial charge in [-0.3, -0.25) is 4.98 Å². The average molecular weight is 248 g/mol. The fraction of sp³-hybridized carbons (Fsp3) is 0.118. The topological polar surface area (TPSA) is 38.9 Å². The van der Waals surface area contributed by atoms with Crippen LogP contribution in [0.3, 0.4) is 0 Å². The maximum atomic E-state index is 5.80. The molecule has 3 aromatic rings. The van der Waals surface area contributed by atoms with E-state index in [2.05, 4.69) is 48.3 Å². The minimum Gasteiger partial charge on any atom is -0.326 e. The molecule has 1 heterocycles. The number of hydrogen-bond acceptors (Lipinski definition) is 2. The van der Waals surface area contributed by atoms with Gasteiger partial charge in [-0.25, -0.2) is 0 Å². The monoisotopic (exact) mass is 248 g/mol. The van der Waals surface area contributed by atoms with E-state index < -0.39 is 0 Å². The first kappa shape index (κ1) is 11.9. The molecule has 0 unspecified atom stereocenters. The van der Waals surface area contributed by atoms with E-state index in [-0.39, 0.29) is 0 Å². The van der Waals surface area contributed by atoms with Crippen molar-refractivity contribution in [3.8, 4) is 11.3 Å². The SMILES string of the molecule is Cc1ccc2cnc(-c3ccccc3CN)cc2c1. The van der Waals surface area contributed by atoms with Crippen molar-refractivity contribution >= 4 is 10.8 Å². The summed E-state index contributed by atoms with van der Waals surface area (Å²) in [5, 5.41) is 2.39. The Bertz CT molecular complexity index is 732. The molecule has 0 atom stereocenters. The highest BCUT2D eigenvalue weighted by atomic mass is 14.7. The van der Waals surface area contributed by atoms with E-state index in [1.54, 1.807) is 0 Å². The van der Waals surface area contributed by atoms with Gasteiger partial charge in [0.1, 0.15) is 0 Å². The third-order valence-electron chi connectivity index (χ3n) is 3.39. The van der Waals surface area contributed by atoms with Crippen molar-refractivity contribution in [3.05, 3.63) is 65.9 Å². The van der Waals surface area contributed by atoms with E-state index in [9.17, 15) is 0 Å². The van der Waals surface area contributed by atoms with Gasteiger partial charge >= 0.3 is 0 Å². The van der Waals surface area contributed by atoms with Crippen molar-refractivity contribution < 1.29 is 0 Å². The summed E-state index contributed by atoms with van der Waals surface area (Å²) in [7, 11) is 0. The van der Waals surface area contributed by atoms with Crippen molar-refractivity contribution in [2.75, 3.05) is 0 Å². The Hall–Kier alpha value is -2.19. The van der Waals surface area contributed by atoms with Crippen molar-refractivity contribution in [1.29, 1.82) is 0 Å². The fourth-order valence-electron chi connectivity index (χ4n) is 2.36. The molecule has 0 fully saturated rings. The van der Waals surface area contributed by atoms with E-state index in [0.717, 1.165) is 16.8 Å². The number of benzene rings is 2. The number of aryl methyl sites for hydroxylation is 1. The normalized spacial score (nSPS) is 10.8. The van der Waals surface area contributed by atoms with Gasteiger partial charge in [0.2, 0.25) is 0 Å². The molecule has 0 saturated carbocycles. The van der Waals surface area contributed by atoms with Crippen LogP contribution in [0.15, 0.2) is 54.7 Å². The third kappa shape index (κ3) is 2.23. The quantitative estimate of drug-likeness (QED) is 0.751. The lowest BCUT2D eigenvalue weighted by molar-refractivity contribution is 1.07. The molecular weight excluding hydrogens is 232 g/mol. The maximum absolute atomic E-state index is 5.80. The van der Waals surface area contributed by atoms with Gasteiger partial charge in [-0.05, 0) is 23.9 Å². The number of pyridine rings is 1. The summed E-state index contributed by atoms with van der Waals surface area (Å²) in [6.07, 6.45) is 1.93. The molecule has 1 aromatic heterocycles. The van der Waals surface area contributed by atoms with Gasteiger partial charge in [0.15, 0.2) is 0 Å². The molecule has 2 heteroatoms. The highest BCUT2D eigenvalue weighted by Crippen LogP contribution is 2.25. The van der Waals surface area contributed by atoms with Crippen LogP contribution in [0, 0.1) is 6.92 Å². The fourth-order valence-corrected chi connectivity index (χ4v) is 2.36. The van der Waals surface area contributed by atoms with Gasteiger partial charge < -0.3 is 5.73 Å². The summed E-state index contributed by atoms with van der Waals surface area (Å²) in [4.78, 5) is 4.56. The van der Waals surface area contributed by atoms with Crippen molar-refractivity contribution in [2.24, 2.45) is 5.73 Å². The molecule has 0 saturated heterocycles. The number of hydrogen-bond donors (Lipinski definition) is 1. The Morgan fingerprint density at radius 2 is 1.84 bits per heavy atom. The zero-order chi connectivity index (χ0) is 13.2. The number of nitrogens with two attached hydrogens (primary N) is 1. The van der Waals surface area contributed by atoms with E-state index in [1.165, 1.54) is 16.3 Å². The van der Waals surface area contributed by atoms with E-state index in [4.69, 9.17) is 5.73 Å². The summed E-state index contributed by atoms with van der Waals surface area (Å²) in [5.74, 6) is 0. The van der Waals surface area contributed by atoms with Gasteiger partial charge in [-0.1, -0.05) is 48.0 Å². The zero-order valence-electron chi connectivity index (χ0n) is 10.9. The number of nitrogens with zero attached hydrogens (tertiary/aromatic N) is 1. The van der Waals surface area contributed by atoms with E-state index in [0.29, 0.717) is 6.54 Å². The van der Waals surface area contributed by atoms with Crippen molar-refractivity contribution in [1.82, 2.24) is 4.98 Å². The highest BCUT2D eigenvalue weighted by molar-refractivity contribution is 5.86. The molecule has 0 aliphatic heterocycles. The molecule has 2 nitrogen and oxygen atoms in total. The van der Waals surface area contributed by atoms with Crippen LogP contribution in [0.4, 0.5) is 0 Å². The first-order valence-electron chi connectivity index (χ1n) is 6.43. The van der Waals surface area contributed by atoms with Crippen LogP contribution in [0.2, 0.25) is 0 Å². The lowest BCUT2D eigenvalue weighted by Crippen LogP contribution is -1.99. The van der Waals surface area contributed by atoms with Crippen LogP contribution in [0.5, 0.6) is 0 Å². The van der Waals surface area contributed by atoms with Crippen LogP contribution in [0.25, 0.3) is 22.0 Å². The Labute approximate surface area is 112 Å². The number of fused-ring (bicyclic) bond motifs is 1. The Kier molecular flexibility index (Phi) is 3.02. The van der Waals surface area contributed by atoms with E-state index >= 15 is 0 Å². The summed E-state index contributed by atoms with van der Waals surface area (Å²) in [6.45, 7) is 2.64. The zero-order valence-corrected chi connectivity index (χ0v) is 10.9. The van der Waals surface area contributed by atoms with Crippen LogP contribution in [-0.2, 0) is 6.54 Å². The second-order valence-corrected chi connectivity index (χ2v) is 4.78. The average Bonchev–Trinajstić information content (AvgIpc) is 2.46. The van der Waals surface area contributed by atoms with E-state index in [1.807, 2.05) is 18.3 Å². The molecule has 3 rings (SSSR count). The molecule has 0 bridgehead atoms. The van der Waals surface area contributed by atoms with Gasteiger partial charge in [-0.2, -0.15) is 0 Å². The molecule has 2 aromatic carbocycles. The summed E-state index contributed by atoms with van der Waals surface area (Å²) in [5.41, 5.74) is 10.3. The van der Waals surface area contributed by atoms with Crippen LogP contribution in [0.1, 0.15) is 11.1 Å². The first-order valence-corrected chi connectivity index (χ1v) is 6.43. The van der Waals surface area contributed by atoms with Gasteiger partial charge in [0.25, 0.3) is 0 Å². The summed E-state index contributed by atoms with van der Waals surface area (Å²) >= 11 is 0. The maximum Gasteiger partial charge on any atom is 0.0711 e. The first-order chi connectivity index (χ1) is 9.28. The molecule has 0 amide bonds. The highest BCUT2D eigenvalue weighted by Gasteiger charge is 2.05. The Morgan fingerprint density at radius 1 is 1.00 bits per heavy atom. The Morgan fingerprint density at radius 3 is 2.68 bits per heavy atom. The van der Waals surface area contributed by atoms with Gasteiger partial charge in [0, 0.05) is 23.7 Å². The summed E-state index contributed by atoms with van der Waals surface area (Å²) in [6, 6.07) is 16.7. The molecule has 2 N–H and O–H groups in total. The molecule has 0 radical (unpaired) electrons. The van der Waals surface area contributed by atoms with Crippen LogP contribution < -0.4 is 5.73 Å². The smallest absolute Gasteiger partial charge is 0.0711 e. The molecule has 94 valence electrons. The lowest BCUT2D eigenvalue weighted by atomic mass is 10.0. The van der Waals surface area contributed by atoms with Crippen LogP contribution in [-0.4, -0.2) is 4.98 Å². The van der Waals surface area contributed by atoms with Crippen molar-refractivity contribution in [2.45, 2.75) is 13.5 Å². The second-order valence-electron chi connectivity index (χ2n) is 4.78. The predicted molar refractivity (Wildman–Crippen MR) is 79.8 cm³/mol. The number of aromatic nitrogens is 1. The molecule has 0 aliphatic carbocycles. The van der Waals surface area contributed by atoms with Crippen LogP contribution >= 0.6 is 0 Å². The van der Waals surface area contributed by atoms with Gasteiger partial charge in [-0.15, -0.1) is 0 Å². The minimum atomic E-state index is 0.531. The minimum absolute atomic E-state index is 0.531. The molecule has 19 heavy (non-hydrogen) atoms. The third-order valence-corrected chi connectivity index (χ3v) is 3.39. The Balaban J connectivity index is 2.20. The van der Waals surface area contributed by atoms with Crippen molar-refractivity contribution in [3.63, 3.8) is 0 Å². The largest absolute Gasteiger partial charge is 0.326 e. The predicted octanol–water partition coefficient (Wildman–Crippen LogP) is 3.67.